The lowest BCUT2D eigenvalue weighted by atomic mass is 10.1. The fraction of sp³-hybridized carbons (Fsp3) is 0.130. The lowest BCUT2D eigenvalue weighted by Crippen LogP contribution is -2.12. The first-order valence-electron chi connectivity index (χ1n) is 9.33. The topological polar surface area (TPSA) is 64.4 Å². The maximum absolute atomic E-state index is 12.5. The molecule has 0 unspecified atom stereocenters. The highest BCUT2D eigenvalue weighted by Crippen LogP contribution is 2.27. The largest absolute Gasteiger partial charge is 0.494 e. The van der Waals surface area contributed by atoms with Crippen LogP contribution in [0.15, 0.2) is 71.1 Å². The Labute approximate surface area is 173 Å². The van der Waals surface area contributed by atoms with E-state index in [1.807, 2.05) is 43.3 Å². The summed E-state index contributed by atoms with van der Waals surface area (Å²) < 4.78 is 11.4. The van der Waals surface area contributed by atoms with Gasteiger partial charge in [-0.15, -0.1) is 0 Å². The molecule has 0 saturated heterocycles. The number of aromatic nitrogens is 1. The van der Waals surface area contributed by atoms with E-state index in [1.54, 1.807) is 30.3 Å². The average molecular weight is 407 g/mol. The molecule has 4 rings (SSSR count). The van der Waals surface area contributed by atoms with Crippen molar-refractivity contribution in [3.63, 3.8) is 0 Å². The lowest BCUT2D eigenvalue weighted by molar-refractivity contribution is 0.102. The van der Waals surface area contributed by atoms with Crippen molar-refractivity contribution in [3.05, 3.63) is 77.3 Å². The Kier molecular flexibility index (Phi) is 5.49. The van der Waals surface area contributed by atoms with Gasteiger partial charge >= 0.3 is 0 Å². The monoisotopic (exact) mass is 406 g/mol. The quantitative estimate of drug-likeness (QED) is 0.414. The number of nitrogens with zero attached hydrogens (tertiary/aromatic N) is 1. The van der Waals surface area contributed by atoms with Gasteiger partial charge < -0.3 is 14.5 Å². The van der Waals surface area contributed by atoms with Gasteiger partial charge in [-0.25, -0.2) is 4.98 Å². The highest BCUT2D eigenvalue weighted by atomic mass is 35.5. The summed E-state index contributed by atoms with van der Waals surface area (Å²) in [6.07, 6.45) is 0.913. The van der Waals surface area contributed by atoms with Crippen LogP contribution < -0.4 is 10.1 Å². The third-order valence-corrected chi connectivity index (χ3v) is 4.54. The third-order valence-electron chi connectivity index (χ3n) is 4.31. The number of carbonyl (C=O) groups excluding carboxylic acids is 1. The van der Waals surface area contributed by atoms with E-state index >= 15 is 0 Å². The summed E-state index contributed by atoms with van der Waals surface area (Å²) >= 11 is 6.00. The summed E-state index contributed by atoms with van der Waals surface area (Å²) in [6, 6.07) is 19.8. The molecule has 0 saturated carbocycles. The number of ether oxygens (including phenoxy) is 1. The van der Waals surface area contributed by atoms with E-state index < -0.39 is 0 Å². The summed E-state index contributed by atoms with van der Waals surface area (Å²) in [7, 11) is 0. The molecule has 0 spiro atoms. The highest BCUT2D eigenvalue weighted by molar-refractivity contribution is 6.31. The summed E-state index contributed by atoms with van der Waals surface area (Å²) in [4.78, 5) is 17.0. The van der Waals surface area contributed by atoms with Gasteiger partial charge in [0.25, 0.3) is 5.91 Å². The molecule has 0 fully saturated rings. The molecule has 0 aliphatic carbocycles. The van der Waals surface area contributed by atoms with Gasteiger partial charge in [0.05, 0.1) is 6.61 Å². The van der Waals surface area contributed by atoms with Crippen molar-refractivity contribution < 1.29 is 13.9 Å². The first kappa shape index (κ1) is 19.0. The molecule has 146 valence electrons. The fourth-order valence-corrected chi connectivity index (χ4v) is 3.04. The average Bonchev–Trinajstić information content (AvgIpc) is 3.16. The Hall–Kier alpha value is -3.31. The number of oxazole rings is 1. The van der Waals surface area contributed by atoms with E-state index in [0.717, 1.165) is 12.0 Å². The Morgan fingerprint density at radius 3 is 2.72 bits per heavy atom. The van der Waals surface area contributed by atoms with Crippen molar-refractivity contribution in [2.45, 2.75) is 13.3 Å². The third kappa shape index (κ3) is 4.41. The molecule has 0 bridgehead atoms. The minimum absolute atomic E-state index is 0.198. The van der Waals surface area contributed by atoms with Crippen molar-refractivity contribution in [2.75, 3.05) is 11.9 Å². The van der Waals surface area contributed by atoms with Crippen LogP contribution in [0.25, 0.3) is 22.6 Å². The van der Waals surface area contributed by atoms with E-state index in [1.165, 1.54) is 0 Å². The number of hydrogen-bond acceptors (Lipinski definition) is 4. The first-order valence-corrected chi connectivity index (χ1v) is 9.71. The van der Waals surface area contributed by atoms with Crippen LogP contribution in [0.3, 0.4) is 0 Å². The molecule has 0 aliphatic rings. The van der Waals surface area contributed by atoms with Crippen molar-refractivity contribution in [1.29, 1.82) is 0 Å². The zero-order valence-electron chi connectivity index (χ0n) is 15.8. The second-order valence-corrected chi connectivity index (χ2v) is 6.98. The van der Waals surface area contributed by atoms with Crippen molar-refractivity contribution >= 4 is 34.3 Å². The maximum Gasteiger partial charge on any atom is 0.255 e. The van der Waals surface area contributed by atoms with Gasteiger partial charge in [0.1, 0.15) is 11.3 Å². The molecule has 29 heavy (non-hydrogen) atoms. The van der Waals surface area contributed by atoms with Gasteiger partial charge in [-0.2, -0.15) is 0 Å². The molecule has 1 heterocycles. The van der Waals surface area contributed by atoms with Crippen LogP contribution in [0.1, 0.15) is 23.7 Å². The number of nitrogens with one attached hydrogen (secondary N) is 1. The van der Waals surface area contributed by atoms with Crippen LogP contribution in [-0.4, -0.2) is 17.5 Å². The number of halogens is 1. The minimum Gasteiger partial charge on any atom is -0.494 e. The number of anilines is 1. The van der Waals surface area contributed by atoms with Crippen molar-refractivity contribution in [1.82, 2.24) is 4.98 Å². The Morgan fingerprint density at radius 2 is 1.93 bits per heavy atom. The molecule has 1 N–H and O–H groups in total. The SMILES string of the molecule is CCCOc1cccc(C(=O)Nc2ccc(-c3nc4cc(Cl)ccc4o3)cc2)c1. The number of amides is 1. The van der Waals surface area contributed by atoms with Gasteiger partial charge in [0.2, 0.25) is 5.89 Å². The molecule has 1 amide bonds. The summed E-state index contributed by atoms with van der Waals surface area (Å²) in [5.41, 5.74) is 3.41. The molecular formula is C23H19ClN2O3. The van der Waals surface area contributed by atoms with Crippen molar-refractivity contribution in [2.24, 2.45) is 0 Å². The van der Waals surface area contributed by atoms with Crippen LogP contribution in [0.4, 0.5) is 5.69 Å². The molecule has 6 heteroatoms. The van der Waals surface area contributed by atoms with E-state index in [9.17, 15) is 4.79 Å². The molecule has 1 aromatic heterocycles. The Morgan fingerprint density at radius 1 is 1.10 bits per heavy atom. The second-order valence-electron chi connectivity index (χ2n) is 6.54. The van der Waals surface area contributed by atoms with E-state index in [4.69, 9.17) is 20.8 Å². The van der Waals surface area contributed by atoms with E-state index in [0.29, 0.717) is 45.6 Å². The molecule has 0 atom stereocenters. The number of hydrogen-bond donors (Lipinski definition) is 1. The highest BCUT2D eigenvalue weighted by Gasteiger charge is 2.10. The predicted molar refractivity (Wildman–Crippen MR) is 115 cm³/mol. The van der Waals surface area contributed by atoms with Crippen molar-refractivity contribution in [3.8, 4) is 17.2 Å². The van der Waals surface area contributed by atoms with Crippen LogP contribution in [-0.2, 0) is 0 Å². The van der Waals surface area contributed by atoms with Gasteiger partial charge in [-0.3, -0.25) is 4.79 Å². The first-order chi connectivity index (χ1) is 14.1. The van der Waals surface area contributed by atoms with E-state index in [-0.39, 0.29) is 5.91 Å². The zero-order valence-corrected chi connectivity index (χ0v) is 16.6. The van der Waals surface area contributed by atoms with Gasteiger partial charge in [0.15, 0.2) is 5.58 Å². The number of fused-ring (bicyclic) bond motifs is 1. The second kappa shape index (κ2) is 8.37. The van der Waals surface area contributed by atoms with E-state index in [2.05, 4.69) is 10.3 Å². The van der Waals surface area contributed by atoms with Gasteiger partial charge in [0, 0.05) is 21.8 Å². The molecular weight excluding hydrogens is 388 g/mol. The van der Waals surface area contributed by atoms with Crippen LogP contribution in [0.2, 0.25) is 5.02 Å². The number of benzene rings is 3. The number of carbonyl (C=O) groups is 1. The summed E-state index contributed by atoms with van der Waals surface area (Å²) in [5.74, 6) is 0.989. The summed E-state index contributed by atoms with van der Waals surface area (Å²) in [6.45, 7) is 2.66. The fourth-order valence-electron chi connectivity index (χ4n) is 2.87. The molecule has 3 aromatic carbocycles. The predicted octanol–water partition coefficient (Wildman–Crippen LogP) is 6.19. The Bertz CT molecular complexity index is 1150. The standard InChI is InChI=1S/C23H19ClN2O3/c1-2-12-28-19-5-3-4-16(13-19)22(27)25-18-9-6-15(7-10-18)23-26-20-14-17(24)8-11-21(20)29-23/h3-11,13-14H,2,12H2,1H3,(H,25,27). The normalized spacial score (nSPS) is 10.8. The Balaban J connectivity index is 1.48. The lowest BCUT2D eigenvalue weighted by Gasteiger charge is -2.08. The molecule has 0 aliphatic heterocycles. The van der Waals surface area contributed by atoms with Crippen LogP contribution >= 0.6 is 11.6 Å². The molecule has 4 aromatic rings. The van der Waals surface area contributed by atoms with Gasteiger partial charge in [-0.05, 0) is 67.1 Å². The number of rotatable bonds is 6. The zero-order chi connectivity index (χ0) is 20.2. The molecule has 5 nitrogen and oxygen atoms in total. The molecule has 0 radical (unpaired) electrons. The summed E-state index contributed by atoms with van der Waals surface area (Å²) in [5, 5.41) is 3.50. The van der Waals surface area contributed by atoms with Crippen LogP contribution in [0, 0.1) is 0 Å². The van der Waals surface area contributed by atoms with Gasteiger partial charge in [-0.1, -0.05) is 24.6 Å². The smallest absolute Gasteiger partial charge is 0.255 e. The van der Waals surface area contributed by atoms with Crippen LogP contribution in [0.5, 0.6) is 5.75 Å². The maximum atomic E-state index is 12.5. The minimum atomic E-state index is -0.198.